The number of rotatable bonds is 4. The van der Waals surface area contributed by atoms with Crippen LogP contribution in [-0.2, 0) is 9.59 Å². The molecule has 0 aromatic heterocycles. The number of hydrogen-bond acceptors (Lipinski definition) is 3. The van der Waals surface area contributed by atoms with E-state index in [1.807, 2.05) is 0 Å². The van der Waals surface area contributed by atoms with E-state index < -0.39 is 5.97 Å². The summed E-state index contributed by atoms with van der Waals surface area (Å²) in [5.41, 5.74) is 4.68. The molecule has 0 aliphatic heterocycles. The summed E-state index contributed by atoms with van der Waals surface area (Å²) in [5.74, 6) is -1.12. The van der Waals surface area contributed by atoms with Crippen molar-refractivity contribution in [3.05, 3.63) is 0 Å². The lowest BCUT2D eigenvalue weighted by molar-refractivity contribution is -0.137. The maximum atomic E-state index is 10.2. The van der Waals surface area contributed by atoms with Gasteiger partial charge in [-0.15, -0.1) is 0 Å². The summed E-state index contributed by atoms with van der Waals surface area (Å²) in [4.78, 5) is 20.1. The smallest absolute Gasteiger partial charge is 0.304 e. The van der Waals surface area contributed by atoms with E-state index in [0.29, 0.717) is 0 Å². The summed E-state index contributed by atoms with van der Waals surface area (Å²) in [6, 6.07) is 0. The van der Waals surface area contributed by atoms with Crippen LogP contribution in [0.15, 0.2) is 0 Å². The lowest BCUT2D eigenvalue weighted by Crippen LogP contribution is -2.36. The second kappa shape index (κ2) is 4.75. The van der Waals surface area contributed by atoms with Crippen LogP contribution in [-0.4, -0.2) is 23.5 Å². The molecule has 0 rings (SSSR count). The molecule has 0 aromatic carbocycles. The minimum Gasteiger partial charge on any atom is -0.481 e. The fourth-order valence-electron chi connectivity index (χ4n) is 0.356. The monoisotopic (exact) mass is 146 g/mol. The van der Waals surface area contributed by atoms with Crippen LogP contribution in [0.3, 0.4) is 0 Å². The van der Waals surface area contributed by atoms with E-state index in [1.54, 1.807) is 0 Å². The van der Waals surface area contributed by atoms with Crippen molar-refractivity contribution in [2.45, 2.75) is 13.3 Å². The molecule has 0 bridgehead atoms. The van der Waals surface area contributed by atoms with Crippen LogP contribution in [0, 0.1) is 0 Å². The third kappa shape index (κ3) is 6.90. The zero-order valence-electron chi connectivity index (χ0n) is 5.68. The standard InChI is InChI=1S/C5H10N2O3/c1-4(8)7-6-3-2-5(9)10/h6H,2-3H2,1H3,(H,7,8)(H,9,10). The molecule has 0 saturated carbocycles. The van der Waals surface area contributed by atoms with E-state index >= 15 is 0 Å². The summed E-state index contributed by atoms with van der Waals surface area (Å²) in [6.07, 6.45) is 0.000278. The summed E-state index contributed by atoms with van der Waals surface area (Å²) in [5, 5.41) is 8.13. The molecular formula is C5H10N2O3. The SMILES string of the molecule is CC(=O)NNCCC(=O)O. The molecule has 5 nitrogen and oxygen atoms in total. The topological polar surface area (TPSA) is 78.4 Å². The third-order valence-corrected chi connectivity index (χ3v) is 0.728. The van der Waals surface area contributed by atoms with Crippen LogP contribution >= 0.6 is 0 Å². The fraction of sp³-hybridized carbons (Fsp3) is 0.600. The highest BCUT2D eigenvalue weighted by atomic mass is 16.4. The van der Waals surface area contributed by atoms with Crippen LogP contribution in [0.1, 0.15) is 13.3 Å². The minimum atomic E-state index is -0.891. The van der Waals surface area contributed by atoms with Gasteiger partial charge in [-0.3, -0.25) is 15.0 Å². The Morgan fingerprint density at radius 2 is 2.10 bits per heavy atom. The highest BCUT2D eigenvalue weighted by Crippen LogP contribution is 1.71. The fourth-order valence-corrected chi connectivity index (χ4v) is 0.356. The Labute approximate surface area is 58.4 Å². The Balaban J connectivity index is 3.06. The molecule has 0 aliphatic rings. The molecule has 1 amide bonds. The molecule has 0 heterocycles. The van der Waals surface area contributed by atoms with Gasteiger partial charge in [0.15, 0.2) is 0 Å². The van der Waals surface area contributed by atoms with E-state index in [4.69, 9.17) is 5.11 Å². The van der Waals surface area contributed by atoms with Gasteiger partial charge in [-0.05, 0) is 0 Å². The van der Waals surface area contributed by atoms with Crippen LogP contribution in [0.2, 0.25) is 0 Å². The normalized spacial score (nSPS) is 8.90. The van der Waals surface area contributed by atoms with Crippen molar-refractivity contribution in [3.63, 3.8) is 0 Å². The van der Waals surface area contributed by atoms with Crippen molar-refractivity contribution in [1.29, 1.82) is 0 Å². The Morgan fingerprint density at radius 1 is 1.50 bits per heavy atom. The first-order valence-electron chi connectivity index (χ1n) is 2.84. The molecule has 3 N–H and O–H groups in total. The highest BCUT2D eigenvalue weighted by molar-refractivity contribution is 5.72. The number of carbonyl (C=O) groups excluding carboxylic acids is 1. The largest absolute Gasteiger partial charge is 0.481 e. The molecular weight excluding hydrogens is 136 g/mol. The second-order valence-electron chi connectivity index (χ2n) is 1.75. The molecule has 0 fully saturated rings. The van der Waals surface area contributed by atoms with Gasteiger partial charge in [-0.1, -0.05) is 0 Å². The van der Waals surface area contributed by atoms with Gasteiger partial charge in [0, 0.05) is 13.5 Å². The molecule has 5 heteroatoms. The molecule has 58 valence electrons. The predicted octanol–water partition coefficient (Wildman–Crippen LogP) is -0.898. The van der Waals surface area contributed by atoms with Crippen molar-refractivity contribution in [1.82, 2.24) is 10.9 Å². The van der Waals surface area contributed by atoms with E-state index in [1.165, 1.54) is 6.92 Å². The quantitative estimate of drug-likeness (QED) is 0.355. The first-order chi connectivity index (χ1) is 4.63. The lowest BCUT2D eigenvalue weighted by atomic mass is 10.4. The van der Waals surface area contributed by atoms with Crippen molar-refractivity contribution >= 4 is 11.9 Å². The Bertz CT molecular complexity index is 119. The molecule has 0 saturated heterocycles. The number of hydrazine groups is 1. The molecule has 0 aliphatic carbocycles. The van der Waals surface area contributed by atoms with Crippen LogP contribution in [0.25, 0.3) is 0 Å². The van der Waals surface area contributed by atoms with Gasteiger partial charge in [0.25, 0.3) is 0 Å². The van der Waals surface area contributed by atoms with E-state index in [0.717, 1.165) is 0 Å². The van der Waals surface area contributed by atoms with Crippen LogP contribution in [0.4, 0.5) is 0 Å². The average molecular weight is 146 g/mol. The summed E-state index contributed by atoms with van der Waals surface area (Å²) in [6.45, 7) is 1.59. The number of aliphatic carboxylic acids is 1. The Kier molecular flexibility index (Phi) is 4.23. The first-order valence-corrected chi connectivity index (χ1v) is 2.84. The number of hydrogen-bond donors (Lipinski definition) is 3. The summed E-state index contributed by atoms with van der Waals surface area (Å²) < 4.78 is 0. The van der Waals surface area contributed by atoms with Gasteiger partial charge in [0.05, 0.1) is 6.42 Å². The van der Waals surface area contributed by atoms with Gasteiger partial charge >= 0.3 is 5.97 Å². The van der Waals surface area contributed by atoms with E-state index in [9.17, 15) is 9.59 Å². The molecule has 0 radical (unpaired) electrons. The van der Waals surface area contributed by atoms with Crippen molar-refractivity contribution in [3.8, 4) is 0 Å². The predicted molar refractivity (Wildman–Crippen MR) is 34.1 cm³/mol. The third-order valence-electron chi connectivity index (χ3n) is 0.728. The van der Waals surface area contributed by atoms with Gasteiger partial charge in [0.2, 0.25) is 5.91 Å². The van der Waals surface area contributed by atoms with Gasteiger partial charge in [-0.2, -0.15) is 0 Å². The first kappa shape index (κ1) is 8.90. The molecule has 0 spiro atoms. The molecule has 0 aromatic rings. The van der Waals surface area contributed by atoms with E-state index in [2.05, 4.69) is 10.9 Å². The maximum Gasteiger partial charge on any atom is 0.304 e. The number of nitrogens with one attached hydrogen (secondary N) is 2. The molecule has 0 atom stereocenters. The van der Waals surface area contributed by atoms with Gasteiger partial charge in [-0.25, -0.2) is 5.43 Å². The van der Waals surface area contributed by atoms with Gasteiger partial charge in [0.1, 0.15) is 0 Å². The molecule has 10 heavy (non-hydrogen) atoms. The summed E-state index contributed by atoms with van der Waals surface area (Å²) >= 11 is 0. The van der Waals surface area contributed by atoms with Crippen molar-refractivity contribution in [2.75, 3.05) is 6.54 Å². The molecule has 0 unspecified atom stereocenters. The minimum absolute atomic E-state index is 0.000278. The van der Waals surface area contributed by atoms with Gasteiger partial charge < -0.3 is 5.11 Å². The zero-order valence-corrected chi connectivity index (χ0v) is 5.68. The van der Waals surface area contributed by atoms with Crippen molar-refractivity contribution in [2.24, 2.45) is 0 Å². The lowest BCUT2D eigenvalue weighted by Gasteiger charge is -2.00. The number of carbonyl (C=O) groups is 2. The maximum absolute atomic E-state index is 10.2. The highest BCUT2D eigenvalue weighted by Gasteiger charge is 1.94. The number of carboxylic acids is 1. The van der Waals surface area contributed by atoms with Crippen LogP contribution in [0.5, 0.6) is 0 Å². The zero-order chi connectivity index (χ0) is 7.98. The average Bonchev–Trinajstić information content (AvgIpc) is 1.79. The number of amides is 1. The summed E-state index contributed by atoms with van der Waals surface area (Å²) in [7, 11) is 0. The van der Waals surface area contributed by atoms with Crippen molar-refractivity contribution < 1.29 is 14.7 Å². The second-order valence-corrected chi connectivity index (χ2v) is 1.75. The number of carboxylic acid groups (broad SMARTS) is 1. The Morgan fingerprint density at radius 3 is 2.50 bits per heavy atom. The van der Waals surface area contributed by atoms with E-state index in [-0.39, 0.29) is 18.9 Å². The van der Waals surface area contributed by atoms with Crippen LogP contribution < -0.4 is 10.9 Å². The Hall–Kier alpha value is -1.10.